The van der Waals surface area contributed by atoms with Crippen molar-refractivity contribution in [1.29, 1.82) is 0 Å². The molecule has 1 nitrogen and oxygen atoms in total. The molecule has 0 unspecified atom stereocenters. The fourth-order valence-electron chi connectivity index (χ4n) is 1.94. The van der Waals surface area contributed by atoms with Crippen LogP contribution in [-0.4, -0.2) is 13.1 Å². The van der Waals surface area contributed by atoms with E-state index in [0.717, 1.165) is 0 Å². The molecular formula is C11H16ClN. The second kappa shape index (κ2) is 4.64. The van der Waals surface area contributed by atoms with Gasteiger partial charge in [-0.25, -0.2) is 0 Å². The Morgan fingerprint density at radius 2 is 1.92 bits per heavy atom. The van der Waals surface area contributed by atoms with Gasteiger partial charge in [-0.15, -0.1) is 12.4 Å². The number of fused-ring (bicyclic) bond motifs is 1. The Bertz CT molecular complexity index is 273. The molecule has 1 aromatic carbocycles. The highest BCUT2D eigenvalue weighted by Gasteiger charge is 2.15. The largest absolute Gasteiger partial charge is 0.317 e. The Hall–Kier alpha value is -0.530. The predicted molar refractivity (Wildman–Crippen MR) is 58.6 cm³/mol. The topological polar surface area (TPSA) is 12.0 Å². The van der Waals surface area contributed by atoms with Crippen LogP contribution in [0.4, 0.5) is 0 Å². The Morgan fingerprint density at radius 1 is 1.23 bits per heavy atom. The van der Waals surface area contributed by atoms with Crippen LogP contribution >= 0.6 is 12.4 Å². The summed E-state index contributed by atoms with van der Waals surface area (Å²) in [5.74, 6) is 0. The van der Waals surface area contributed by atoms with Crippen molar-refractivity contribution in [3.05, 3.63) is 35.4 Å². The van der Waals surface area contributed by atoms with E-state index in [4.69, 9.17) is 0 Å². The second-order valence-electron chi connectivity index (χ2n) is 3.50. The smallest absolute Gasteiger partial charge is 0.0108 e. The summed E-state index contributed by atoms with van der Waals surface area (Å²) in [4.78, 5) is 0. The molecule has 1 atom stereocenters. The van der Waals surface area contributed by atoms with E-state index in [2.05, 4.69) is 36.6 Å². The number of rotatable bonds is 1. The molecule has 13 heavy (non-hydrogen) atoms. The molecule has 1 aliphatic carbocycles. The molecular weight excluding hydrogens is 182 g/mol. The lowest BCUT2D eigenvalue weighted by Crippen LogP contribution is -2.31. The summed E-state index contributed by atoms with van der Waals surface area (Å²) in [6.07, 6.45) is 3.72. The van der Waals surface area contributed by atoms with E-state index in [0.29, 0.717) is 6.04 Å². The highest BCUT2D eigenvalue weighted by Crippen LogP contribution is 2.20. The Labute approximate surface area is 86.0 Å². The Morgan fingerprint density at radius 3 is 2.62 bits per heavy atom. The molecule has 0 saturated heterocycles. The summed E-state index contributed by atoms with van der Waals surface area (Å²) in [5.41, 5.74) is 3.08. The van der Waals surface area contributed by atoms with Crippen molar-refractivity contribution in [1.82, 2.24) is 5.32 Å². The van der Waals surface area contributed by atoms with Crippen molar-refractivity contribution in [3.8, 4) is 0 Å². The first-order valence-corrected chi connectivity index (χ1v) is 4.64. The summed E-state index contributed by atoms with van der Waals surface area (Å²) in [5, 5.41) is 3.34. The third-order valence-corrected chi connectivity index (χ3v) is 2.76. The summed E-state index contributed by atoms with van der Waals surface area (Å²) in [6.45, 7) is 0. The molecule has 0 heterocycles. The zero-order chi connectivity index (χ0) is 8.39. The van der Waals surface area contributed by atoms with Gasteiger partial charge in [0.25, 0.3) is 0 Å². The summed E-state index contributed by atoms with van der Waals surface area (Å²) in [6, 6.07) is 9.47. The molecule has 0 aromatic heterocycles. The van der Waals surface area contributed by atoms with E-state index < -0.39 is 0 Å². The van der Waals surface area contributed by atoms with Gasteiger partial charge in [-0.2, -0.15) is 0 Å². The van der Waals surface area contributed by atoms with Crippen LogP contribution in [0.25, 0.3) is 0 Å². The Balaban J connectivity index is 0.000000845. The zero-order valence-corrected chi connectivity index (χ0v) is 8.73. The van der Waals surface area contributed by atoms with Gasteiger partial charge in [0, 0.05) is 6.04 Å². The molecule has 1 aliphatic rings. The summed E-state index contributed by atoms with van der Waals surface area (Å²) >= 11 is 0. The molecule has 2 rings (SSSR count). The van der Waals surface area contributed by atoms with Gasteiger partial charge in [-0.05, 0) is 37.4 Å². The molecule has 1 N–H and O–H groups in total. The van der Waals surface area contributed by atoms with Crippen LogP contribution in [0.5, 0.6) is 0 Å². The summed E-state index contributed by atoms with van der Waals surface area (Å²) < 4.78 is 0. The third-order valence-electron chi connectivity index (χ3n) is 2.76. The van der Waals surface area contributed by atoms with Crippen molar-refractivity contribution >= 4 is 12.4 Å². The predicted octanol–water partition coefficient (Wildman–Crippen LogP) is 2.19. The van der Waals surface area contributed by atoms with Gasteiger partial charge < -0.3 is 5.32 Å². The van der Waals surface area contributed by atoms with E-state index >= 15 is 0 Å². The number of hydrogen-bond acceptors (Lipinski definition) is 1. The minimum atomic E-state index is 0. The molecule has 0 spiro atoms. The molecule has 72 valence electrons. The van der Waals surface area contributed by atoms with Gasteiger partial charge in [0.05, 0.1) is 0 Å². The van der Waals surface area contributed by atoms with Crippen LogP contribution in [0.15, 0.2) is 24.3 Å². The van der Waals surface area contributed by atoms with E-state index in [1.54, 1.807) is 5.56 Å². The molecule has 0 saturated carbocycles. The van der Waals surface area contributed by atoms with Gasteiger partial charge >= 0.3 is 0 Å². The maximum atomic E-state index is 3.34. The minimum absolute atomic E-state index is 0. The van der Waals surface area contributed by atoms with Crippen LogP contribution in [-0.2, 0) is 12.8 Å². The first-order chi connectivity index (χ1) is 5.90. The maximum absolute atomic E-state index is 3.34. The molecule has 0 fully saturated rings. The summed E-state index contributed by atoms with van der Waals surface area (Å²) in [7, 11) is 2.05. The normalized spacial score (nSPS) is 20.2. The second-order valence-corrected chi connectivity index (χ2v) is 3.50. The van der Waals surface area contributed by atoms with Gasteiger partial charge in [0.1, 0.15) is 0 Å². The fraction of sp³-hybridized carbons (Fsp3) is 0.455. The quantitative estimate of drug-likeness (QED) is 0.728. The SMILES string of the molecule is CN[C@H]1CCc2ccccc2C1.Cl. The van der Waals surface area contributed by atoms with Crippen LogP contribution < -0.4 is 5.32 Å². The van der Waals surface area contributed by atoms with E-state index in [-0.39, 0.29) is 12.4 Å². The maximum Gasteiger partial charge on any atom is 0.0108 e. The van der Waals surface area contributed by atoms with Crippen molar-refractivity contribution < 1.29 is 0 Å². The van der Waals surface area contributed by atoms with Crippen LogP contribution in [0, 0.1) is 0 Å². The van der Waals surface area contributed by atoms with E-state index in [1.165, 1.54) is 24.8 Å². The monoisotopic (exact) mass is 197 g/mol. The van der Waals surface area contributed by atoms with Crippen LogP contribution in [0.2, 0.25) is 0 Å². The van der Waals surface area contributed by atoms with Gasteiger partial charge in [-0.1, -0.05) is 24.3 Å². The Kier molecular flexibility index (Phi) is 3.76. The number of benzene rings is 1. The first kappa shape index (κ1) is 10.6. The number of halogens is 1. The lowest BCUT2D eigenvalue weighted by atomic mass is 9.88. The lowest BCUT2D eigenvalue weighted by Gasteiger charge is -2.23. The molecule has 0 radical (unpaired) electrons. The lowest BCUT2D eigenvalue weighted by molar-refractivity contribution is 0.496. The standard InChI is InChI=1S/C11H15N.ClH/c1-12-11-7-6-9-4-2-3-5-10(9)8-11;/h2-5,11-12H,6-8H2,1H3;1H/t11-;/m0./s1. The highest BCUT2D eigenvalue weighted by molar-refractivity contribution is 5.85. The van der Waals surface area contributed by atoms with E-state index in [1.807, 2.05) is 0 Å². The number of hydrogen-bond donors (Lipinski definition) is 1. The van der Waals surface area contributed by atoms with Gasteiger partial charge in [-0.3, -0.25) is 0 Å². The fourth-order valence-corrected chi connectivity index (χ4v) is 1.94. The number of aryl methyl sites for hydroxylation is 1. The molecule has 2 heteroatoms. The van der Waals surface area contributed by atoms with Gasteiger partial charge in [0.2, 0.25) is 0 Å². The van der Waals surface area contributed by atoms with Gasteiger partial charge in [0.15, 0.2) is 0 Å². The average molecular weight is 198 g/mol. The first-order valence-electron chi connectivity index (χ1n) is 4.64. The minimum Gasteiger partial charge on any atom is -0.317 e. The molecule has 0 aliphatic heterocycles. The van der Waals surface area contributed by atoms with Crippen molar-refractivity contribution in [2.75, 3.05) is 7.05 Å². The molecule has 0 amide bonds. The number of likely N-dealkylation sites (N-methyl/N-ethyl adjacent to an activating group) is 1. The molecule has 1 aromatic rings. The molecule has 0 bridgehead atoms. The van der Waals surface area contributed by atoms with Crippen LogP contribution in [0.3, 0.4) is 0 Å². The van der Waals surface area contributed by atoms with Crippen molar-refractivity contribution in [2.24, 2.45) is 0 Å². The number of nitrogens with one attached hydrogen (secondary N) is 1. The van der Waals surface area contributed by atoms with Crippen molar-refractivity contribution in [2.45, 2.75) is 25.3 Å². The average Bonchev–Trinajstić information content (AvgIpc) is 2.17. The van der Waals surface area contributed by atoms with Crippen molar-refractivity contribution in [3.63, 3.8) is 0 Å². The zero-order valence-electron chi connectivity index (χ0n) is 7.92. The van der Waals surface area contributed by atoms with Crippen LogP contribution in [0.1, 0.15) is 17.5 Å². The van der Waals surface area contributed by atoms with E-state index in [9.17, 15) is 0 Å². The third kappa shape index (κ3) is 2.23. The highest BCUT2D eigenvalue weighted by atomic mass is 35.5.